The van der Waals surface area contributed by atoms with E-state index in [2.05, 4.69) is 22.3 Å². The predicted molar refractivity (Wildman–Crippen MR) is 77.7 cm³/mol. The van der Waals surface area contributed by atoms with E-state index in [1.54, 1.807) is 12.1 Å². The lowest BCUT2D eigenvalue weighted by Crippen LogP contribution is -2.18. The molecule has 0 fully saturated rings. The van der Waals surface area contributed by atoms with Crippen LogP contribution in [0.1, 0.15) is 11.1 Å². The van der Waals surface area contributed by atoms with E-state index >= 15 is 0 Å². The van der Waals surface area contributed by atoms with E-state index in [-0.39, 0.29) is 5.82 Å². The fourth-order valence-electron chi connectivity index (χ4n) is 2.12. The van der Waals surface area contributed by atoms with Crippen molar-refractivity contribution in [2.45, 2.75) is 13.1 Å². The normalized spacial score (nSPS) is 10.5. The first-order valence-electron chi connectivity index (χ1n) is 6.39. The Morgan fingerprint density at radius 2 is 1.63 bits per heavy atom. The fourth-order valence-corrected chi connectivity index (χ4v) is 2.12. The molecule has 0 saturated heterocycles. The first kappa shape index (κ1) is 13.6. The van der Waals surface area contributed by atoms with Crippen LogP contribution in [-0.2, 0) is 13.1 Å². The molecule has 2 aromatic carbocycles. The average Bonchev–Trinajstić information content (AvgIpc) is 2.42. The summed E-state index contributed by atoms with van der Waals surface area (Å²) >= 11 is 0. The molecule has 0 bridgehead atoms. The van der Waals surface area contributed by atoms with Gasteiger partial charge in [-0.3, -0.25) is 0 Å². The Labute approximate surface area is 113 Å². The Bertz CT molecular complexity index is 523. The van der Waals surface area contributed by atoms with E-state index in [0.717, 1.165) is 18.8 Å². The molecule has 0 aliphatic carbocycles. The SMILES string of the molecule is CNCc1ccccc1CN(C)c1ccc(F)cc1. The van der Waals surface area contributed by atoms with Gasteiger partial charge in [0.05, 0.1) is 0 Å². The van der Waals surface area contributed by atoms with E-state index < -0.39 is 0 Å². The third-order valence-electron chi connectivity index (χ3n) is 3.16. The maximum Gasteiger partial charge on any atom is 0.123 e. The van der Waals surface area contributed by atoms with Crippen molar-refractivity contribution >= 4 is 5.69 Å². The highest BCUT2D eigenvalue weighted by molar-refractivity contribution is 5.46. The van der Waals surface area contributed by atoms with Crippen LogP contribution in [0.5, 0.6) is 0 Å². The molecule has 0 aliphatic rings. The molecule has 0 atom stereocenters. The van der Waals surface area contributed by atoms with Gasteiger partial charge in [0.25, 0.3) is 0 Å². The van der Waals surface area contributed by atoms with Gasteiger partial charge in [0.1, 0.15) is 5.82 Å². The Balaban J connectivity index is 2.14. The van der Waals surface area contributed by atoms with Crippen LogP contribution in [0.15, 0.2) is 48.5 Å². The number of nitrogens with one attached hydrogen (secondary N) is 1. The van der Waals surface area contributed by atoms with Crippen molar-refractivity contribution in [1.82, 2.24) is 5.32 Å². The highest BCUT2D eigenvalue weighted by Gasteiger charge is 2.06. The standard InChI is InChI=1S/C16H19FN2/c1-18-11-13-5-3-4-6-14(13)12-19(2)16-9-7-15(17)8-10-16/h3-10,18H,11-12H2,1-2H3. The maximum absolute atomic E-state index is 12.9. The molecule has 2 rings (SSSR count). The summed E-state index contributed by atoms with van der Waals surface area (Å²) < 4.78 is 12.9. The van der Waals surface area contributed by atoms with Gasteiger partial charge in [-0.05, 0) is 42.4 Å². The maximum atomic E-state index is 12.9. The van der Waals surface area contributed by atoms with Gasteiger partial charge in [-0.25, -0.2) is 4.39 Å². The summed E-state index contributed by atoms with van der Waals surface area (Å²) in [6.07, 6.45) is 0. The molecule has 0 radical (unpaired) electrons. The smallest absolute Gasteiger partial charge is 0.123 e. The number of benzene rings is 2. The first-order valence-corrected chi connectivity index (χ1v) is 6.39. The van der Waals surface area contributed by atoms with Crippen molar-refractivity contribution in [3.8, 4) is 0 Å². The Morgan fingerprint density at radius 1 is 1.00 bits per heavy atom. The minimum atomic E-state index is -0.201. The van der Waals surface area contributed by atoms with Crippen molar-refractivity contribution in [1.29, 1.82) is 0 Å². The summed E-state index contributed by atoms with van der Waals surface area (Å²) in [7, 11) is 3.96. The molecule has 100 valence electrons. The van der Waals surface area contributed by atoms with Crippen LogP contribution in [0.25, 0.3) is 0 Å². The highest BCUT2D eigenvalue weighted by atomic mass is 19.1. The molecule has 3 heteroatoms. The van der Waals surface area contributed by atoms with Gasteiger partial charge in [-0.1, -0.05) is 24.3 Å². The number of nitrogens with zero attached hydrogens (tertiary/aromatic N) is 1. The van der Waals surface area contributed by atoms with Crippen LogP contribution >= 0.6 is 0 Å². The Hall–Kier alpha value is -1.87. The van der Waals surface area contributed by atoms with Crippen LogP contribution in [0.4, 0.5) is 10.1 Å². The quantitative estimate of drug-likeness (QED) is 0.886. The summed E-state index contributed by atoms with van der Waals surface area (Å²) in [6.45, 7) is 1.66. The van der Waals surface area contributed by atoms with Crippen LogP contribution in [0.3, 0.4) is 0 Å². The molecule has 0 aromatic heterocycles. The van der Waals surface area contributed by atoms with Crippen molar-refractivity contribution in [3.05, 3.63) is 65.5 Å². The van der Waals surface area contributed by atoms with Gasteiger partial charge in [0, 0.05) is 25.8 Å². The number of halogens is 1. The zero-order chi connectivity index (χ0) is 13.7. The number of hydrogen-bond donors (Lipinski definition) is 1. The van der Waals surface area contributed by atoms with Gasteiger partial charge in [0.2, 0.25) is 0 Å². The lowest BCUT2D eigenvalue weighted by molar-refractivity contribution is 0.627. The van der Waals surface area contributed by atoms with E-state index in [1.165, 1.54) is 23.3 Å². The fraction of sp³-hybridized carbons (Fsp3) is 0.250. The molecule has 0 amide bonds. The summed E-state index contributed by atoms with van der Waals surface area (Å²) in [5.41, 5.74) is 3.59. The molecule has 0 unspecified atom stereocenters. The van der Waals surface area contributed by atoms with Crippen LogP contribution in [0.2, 0.25) is 0 Å². The van der Waals surface area contributed by atoms with E-state index in [4.69, 9.17) is 0 Å². The minimum Gasteiger partial charge on any atom is -0.370 e. The molecule has 2 nitrogen and oxygen atoms in total. The minimum absolute atomic E-state index is 0.201. The molecule has 19 heavy (non-hydrogen) atoms. The topological polar surface area (TPSA) is 15.3 Å². The molecule has 0 saturated carbocycles. The van der Waals surface area contributed by atoms with Gasteiger partial charge in [-0.15, -0.1) is 0 Å². The summed E-state index contributed by atoms with van der Waals surface area (Å²) in [5.74, 6) is -0.201. The van der Waals surface area contributed by atoms with Crippen molar-refractivity contribution < 1.29 is 4.39 Å². The third kappa shape index (κ3) is 3.55. The predicted octanol–water partition coefficient (Wildman–Crippen LogP) is 3.18. The molecular formula is C16H19FN2. The van der Waals surface area contributed by atoms with E-state index in [9.17, 15) is 4.39 Å². The molecular weight excluding hydrogens is 239 g/mol. The molecule has 2 aromatic rings. The monoisotopic (exact) mass is 258 g/mol. The van der Waals surface area contributed by atoms with Gasteiger partial charge in [0.15, 0.2) is 0 Å². The summed E-state index contributed by atoms with van der Waals surface area (Å²) in [6, 6.07) is 14.9. The van der Waals surface area contributed by atoms with Gasteiger partial charge >= 0.3 is 0 Å². The molecule has 0 heterocycles. The first-order chi connectivity index (χ1) is 9.20. The third-order valence-corrected chi connectivity index (χ3v) is 3.16. The Kier molecular flexibility index (Phi) is 4.53. The lowest BCUT2D eigenvalue weighted by Gasteiger charge is -2.21. The highest BCUT2D eigenvalue weighted by Crippen LogP contribution is 2.18. The Morgan fingerprint density at radius 3 is 2.26 bits per heavy atom. The average molecular weight is 258 g/mol. The lowest BCUT2D eigenvalue weighted by atomic mass is 10.1. The number of anilines is 1. The number of rotatable bonds is 5. The molecule has 0 aliphatic heterocycles. The molecule has 0 spiro atoms. The second-order valence-electron chi connectivity index (χ2n) is 4.63. The largest absolute Gasteiger partial charge is 0.370 e. The van der Waals surface area contributed by atoms with Crippen molar-refractivity contribution in [2.75, 3.05) is 19.0 Å². The van der Waals surface area contributed by atoms with Crippen molar-refractivity contribution in [2.24, 2.45) is 0 Å². The van der Waals surface area contributed by atoms with Crippen LogP contribution in [0, 0.1) is 5.82 Å². The van der Waals surface area contributed by atoms with Crippen LogP contribution < -0.4 is 10.2 Å². The van der Waals surface area contributed by atoms with E-state index in [1.807, 2.05) is 26.2 Å². The van der Waals surface area contributed by atoms with Crippen molar-refractivity contribution in [3.63, 3.8) is 0 Å². The zero-order valence-corrected chi connectivity index (χ0v) is 11.4. The van der Waals surface area contributed by atoms with Gasteiger partial charge < -0.3 is 10.2 Å². The molecule has 1 N–H and O–H groups in total. The summed E-state index contributed by atoms with van der Waals surface area (Å²) in [5, 5.41) is 3.18. The number of hydrogen-bond acceptors (Lipinski definition) is 2. The second kappa shape index (κ2) is 6.34. The summed E-state index contributed by atoms with van der Waals surface area (Å²) in [4.78, 5) is 2.12. The van der Waals surface area contributed by atoms with E-state index in [0.29, 0.717) is 0 Å². The van der Waals surface area contributed by atoms with Crippen LogP contribution in [-0.4, -0.2) is 14.1 Å². The van der Waals surface area contributed by atoms with Gasteiger partial charge in [-0.2, -0.15) is 0 Å². The second-order valence-corrected chi connectivity index (χ2v) is 4.63. The zero-order valence-electron chi connectivity index (χ0n) is 11.4.